The Hall–Kier alpha value is -0.0800. The molecule has 3 N–H and O–H groups in total. The predicted molar refractivity (Wildman–Crippen MR) is 55.5 cm³/mol. The summed E-state index contributed by atoms with van der Waals surface area (Å²) in [6.45, 7) is 9.25. The highest BCUT2D eigenvalue weighted by atomic mass is 15.0. The van der Waals surface area contributed by atoms with E-state index in [1.165, 1.54) is 19.3 Å². The lowest BCUT2D eigenvalue weighted by Gasteiger charge is -2.55. The number of nitrogens with two attached hydrogens (primary N) is 1. The third kappa shape index (κ3) is 1.75. The first-order valence-electron chi connectivity index (χ1n) is 5.32. The lowest BCUT2D eigenvalue weighted by Crippen LogP contribution is -2.64. The van der Waals surface area contributed by atoms with E-state index < -0.39 is 0 Å². The smallest absolute Gasteiger partial charge is 0.0291 e. The largest absolute Gasteiger partial charge is 0.324 e. The van der Waals surface area contributed by atoms with Crippen LogP contribution < -0.4 is 11.1 Å². The lowest BCUT2D eigenvalue weighted by atomic mass is 9.56. The molecule has 1 aliphatic carbocycles. The molecule has 0 radical (unpaired) electrons. The molecule has 2 aliphatic rings. The zero-order valence-electron chi connectivity index (χ0n) is 9.11. The molecule has 2 atom stereocenters. The first-order valence-corrected chi connectivity index (χ1v) is 5.32. The van der Waals surface area contributed by atoms with Crippen molar-refractivity contribution in [1.82, 2.24) is 5.32 Å². The molecule has 2 rings (SSSR count). The van der Waals surface area contributed by atoms with Crippen molar-refractivity contribution in [2.45, 2.75) is 45.6 Å². The van der Waals surface area contributed by atoms with Crippen molar-refractivity contribution >= 4 is 0 Å². The SMILES string of the molecule is CC1(C)CC2(C)CNCC(N)(C1)C2. The van der Waals surface area contributed by atoms with Crippen molar-refractivity contribution < 1.29 is 0 Å². The van der Waals surface area contributed by atoms with E-state index in [0.717, 1.165) is 13.1 Å². The van der Waals surface area contributed by atoms with Crippen LogP contribution in [0.3, 0.4) is 0 Å². The van der Waals surface area contributed by atoms with Gasteiger partial charge in [0, 0.05) is 18.6 Å². The Kier molecular flexibility index (Phi) is 1.81. The fourth-order valence-corrected chi connectivity index (χ4v) is 4.01. The van der Waals surface area contributed by atoms with E-state index in [0.29, 0.717) is 10.8 Å². The zero-order chi connectivity index (χ0) is 9.74. The topological polar surface area (TPSA) is 38.0 Å². The predicted octanol–water partition coefficient (Wildman–Crippen LogP) is 1.50. The Bertz CT molecular complexity index is 196. The standard InChI is InChI=1S/C11H22N2/c1-9(2)4-10(3)6-11(12,5-9)8-13-7-10/h13H,4-8,12H2,1-3H3. The minimum absolute atomic E-state index is 0.0642. The highest BCUT2D eigenvalue weighted by Gasteiger charge is 2.49. The Labute approximate surface area is 81.3 Å². The molecule has 1 heterocycles. The first-order chi connectivity index (χ1) is 5.83. The van der Waals surface area contributed by atoms with Gasteiger partial charge in [-0.3, -0.25) is 0 Å². The van der Waals surface area contributed by atoms with Gasteiger partial charge in [0.15, 0.2) is 0 Å². The number of fused-ring (bicyclic) bond motifs is 2. The molecule has 0 aromatic heterocycles. The summed E-state index contributed by atoms with van der Waals surface area (Å²) >= 11 is 0. The Balaban J connectivity index is 2.26. The molecule has 13 heavy (non-hydrogen) atoms. The van der Waals surface area contributed by atoms with E-state index in [9.17, 15) is 0 Å². The van der Waals surface area contributed by atoms with E-state index in [4.69, 9.17) is 5.73 Å². The van der Waals surface area contributed by atoms with E-state index in [1.54, 1.807) is 0 Å². The normalized spacial score (nSPS) is 48.9. The van der Waals surface area contributed by atoms with Gasteiger partial charge in [-0.1, -0.05) is 20.8 Å². The quantitative estimate of drug-likeness (QED) is 0.596. The fourth-order valence-electron chi connectivity index (χ4n) is 4.01. The highest BCUT2D eigenvalue weighted by molar-refractivity contribution is 5.06. The molecule has 2 fully saturated rings. The fraction of sp³-hybridized carbons (Fsp3) is 1.00. The molecule has 0 aromatic carbocycles. The van der Waals surface area contributed by atoms with E-state index in [2.05, 4.69) is 26.1 Å². The van der Waals surface area contributed by atoms with Gasteiger partial charge in [0.1, 0.15) is 0 Å². The molecule has 2 heteroatoms. The average molecular weight is 182 g/mol. The summed E-state index contributed by atoms with van der Waals surface area (Å²) in [5.74, 6) is 0. The molecule has 2 nitrogen and oxygen atoms in total. The van der Waals surface area contributed by atoms with Gasteiger partial charge in [-0.05, 0) is 30.1 Å². The third-order valence-corrected chi connectivity index (χ3v) is 3.54. The Morgan fingerprint density at radius 1 is 1.00 bits per heavy atom. The molecule has 2 bridgehead atoms. The van der Waals surface area contributed by atoms with Crippen LogP contribution >= 0.6 is 0 Å². The van der Waals surface area contributed by atoms with Crippen molar-refractivity contribution in [2.75, 3.05) is 13.1 Å². The molecular formula is C11H22N2. The zero-order valence-corrected chi connectivity index (χ0v) is 9.11. The second-order valence-corrected chi connectivity index (χ2v) is 6.47. The molecule has 0 aromatic rings. The highest BCUT2D eigenvalue weighted by Crippen LogP contribution is 2.50. The molecule has 2 unspecified atom stereocenters. The van der Waals surface area contributed by atoms with Crippen molar-refractivity contribution in [3.05, 3.63) is 0 Å². The second-order valence-electron chi connectivity index (χ2n) is 6.47. The van der Waals surface area contributed by atoms with Gasteiger partial charge in [-0.2, -0.15) is 0 Å². The van der Waals surface area contributed by atoms with Crippen LogP contribution in [0.1, 0.15) is 40.0 Å². The van der Waals surface area contributed by atoms with Crippen LogP contribution in [-0.2, 0) is 0 Å². The third-order valence-electron chi connectivity index (χ3n) is 3.54. The summed E-state index contributed by atoms with van der Waals surface area (Å²) in [7, 11) is 0. The molecule has 1 saturated carbocycles. The number of rotatable bonds is 0. The maximum absolute atomic E-state index is 6.40. The van der Waals surface area contributed by atoms with E-state index in [-0.39, 0.29) is 5.54 Å². The summed E-state index contributed by atoms with van der Waals surface area (Å²) < 4.78 is 0. The van der Waals surface area contributed by atoms with Gasteiger partial charge in [0.2, 0.25) is 0 Å². The Morgan fingerprint density at radius 3 is 2.31 bits per heavy atom. The maximum atomic E-state index is 6.40. The monoisotopic (exact) mass is 182 g/mol. The molecule has 0 amide bonds. The number of hydrogen-bond donors (Lipinski definition) is 2. The van der Waals surface area contributed by atoms with Gasteiger partial charge in [0.05, 0.1) is 0 Å². The average Bonchev–Trinajstić information content (AvgIpc) is 1.76. The second kappa shape index (κ2) is 2.48. The van der Waals surface area contributed by atoms with Crippen molar-refractivity contribution in [3.8, 4) is 0 Å². The summed E-state index contributed by atoms with van der Waals surface area (Å²) in [6.07, 6.45) is 3.69. The number of nitrogens with one attached hydrogen (secondary N) is 1. The van der Waals surface area contributed by atoms with Crippen LogP contribution in [0.5, 0.6) is 0 Å². The Morgan fingerprint density at radius 2 is 1.69 bits per heavy atom. The van der Waals surface area contributed by atoms with Crippen LogP contribution in [0.4, 0.5) is 0 Å². The van der Waals surface area contributed by atoms with Crippen LogP contribution in [-0.4, -0.2) is 18.6 Å². The lowest BCUT2D eigenvalue weighted by molar-refractivity contribution is 0.00916. The molecular weight excluding hydrogens is 160 g/mol. The van der Waals surface area contributed by atoms with Crippen LogP contribution in [0.15, 0.2) is 0 Å². The molecule has 76 valence electrons. The number of hydrogen-bond acceptors (Lipinski definition) is 2. The van der Waals surface area contributed by atoms with Gasteiger partial charge in [-0.25, -0.2) is 0 Å². The van der Waals surface area contributed by atoms with Crippen LogP contribution in [0, 0.1) is 10.8 Å². The number of piperidine rings is 1. The van der Waals surface area contributed by atoms with Gasteiger partial charge in [0.25, 0.3) is 0 Å². The maximum Gasteiger partial charge on any atom is 0.0291 e. The minimum Gasteiger partial charge on any atom is -0.324 e. The van der Waals surface area contributed by atoms with Crippen molar-refractivity contribution in [1.29, 1.82) is 0 Å². The molecule has 1 saturated heterocycles. The first kappa shape index (κ1) is 9.47. The summed E-state index contributed by atoms with van der Waals surface area (Å²) in [5, 5.41) is 3.48. The minimum atomic E-state index is 0.0642. The van der Waals surface area contributed by atoms with Crippen molar-refractivity contribution in [3.63, 3.8) is 0 Å². The van der Waals surface area contributed by atoms with Gasteiger partial charge in [-0.15, -0.1) is 0 Å². The van der Waals surface area contributed by atoms with E-state index in [1.807, 2.05) is 0 Å². The van der Waals surface area contributed by atoms with Gasteiger partial charge >= 0.3 is 0 Å². The molecule has 0 spiro atoms. The van der Waals surface area contributed by atoms with Crippen LogP contribution in [0.2, 0.25) is 0 Å². The summed E-state index contributed by atoms with van der Waals surface area (Å²) in [4.78, 5) is 0. The van der Waals surface area contributed by atoms with Gasteiger partial charge < -0.3 is 11.1 Å². The van der Waals surface area contributed by atoms with Crippen molar-refractivity contribution in [2.24, 2.45) is 16.6 Å². The van der Waals surface area contributed by atoms with Crippen LogP contribution in [0.25, 0.3) is 0 Å². The summed E-state index contributed by atoms with van der Waals surface area (Å²) in [6, 6.07) is 0. The van der Waals surface area contributed by atoms with E-state index >= 15 is 0 Å². The summed E-state index contributed by atoms with van der Waals surface area (Å²) in [5.41, 5.74) is 7.34. The molecule has 1 aliphatic heterocycles.